The minimum absolute atomic E-state index is 0.0765. The monoisotopic (exact) mass is 397 g/mol. The predicted molar refractivity (Wildman–Crippen MR) is 120 cm³/mol. The molecule has 0 aliphatic rings. The molecule has 30 heavy (non-hydrogen) atoms. The van der Waals surface area contributed by atoms with Crippen molar-refractivity contribution in [2.45, 2.75) is 6.92 Å². The molecule has 6 nitrogen and oxygen atoms in total. The average molecular weight is 397 g/mol. The normalized spacial score (nSPS) is 11.6. The van der Waals surface area contributed by atoms with Gasteiger partial charge in [0.2, 0.25) is 0 Å². The van der Waals surface area contributed by atoms with Gasteiger partial charge in [-0.15, -0.1) is 0 Å². The lowest BCUT2D eigenvalue weighted by Crippen LogP contribution is -2.12. The van der Waals surface area contributed by atoms with Crippen molar-refractivity contribution < 1.29 is 10.2 Å². The molecule has 0 bridgehead atoms. The molecule has 6 heteroatoms. The lowest BCUT2D eigenvalue weighted by molar-refractivity contribution is 0.474. The lowest BCUT2D eigenvalue weighted by atomic mass is 10.1. The molecule has 0 spiro atoms. The Morgan fingerprint density at radius 2 is 1.53 bits per heavy atom. The second-order valence-corrected chi connectivity index (χ2v) is 6.83. The smallest absolute Gasteiger partial charge is 0.261 e. The molecule has 0 aliphatic carbocycles. The number of phenols is 1. The van der Waals surface area contributed by atoms with Crippen molar-refractivity contribution in [3.8, 4) is 11.5 Å². The van der Waals surface area contributed by atoms with E-state index >= 15 is 0 Å². The molecule has 0 atom stereocenters. The topological polar surface area (TPSA) is 98.0 Å². The Labute approximate surface area is 172 Å². The van der Waals surface area contributed by atoms with E-state index in [0.29, 0.717) is 27.8 Å². The molecule has 0 fully saturated rings. The number of hydrogen-bond acceptors (Lipinski definition) is 5. The van der Waals surface area contributed by atoms with Crippen LogP contribution >= 0.6 is 0 Å². The maximum Gasteiger partial charge on any atom is 0.261 e. The van der Waals surface area contributed by atoms with Crippen LogP contribution in [0.1, 0.15) is 16.7 Å². The number of para-hydroxylation sites is 3. The Bertz CT molecular complexity index is 1350. The van der Waals surface area contributed by atoms with Crippen LogP contribution in [0.4, 0.5) is 11.4 Å². The molecule has 4 rings (SSSR count). The second-order valence-electron chi connectivity index (χ2n) is 6.83. The third-order valence-electron chi connectivity index (χ3n) is 4.67. The zero-order valence-corrected chi connectivity index (χ0v) is 16.2. The summed E-state index contributed by atoms with van der Waals surface area (Å²) in [7, 11) is 0. The van der Waals surface area contributed by atoms with Crippen LogP contribution in [0.25, 0.3) is 10.9 Å². The van der Waals surface area contributed by atoms with Crippen molar-refractivity contribution >= 4 is 34.7 Å². The highest BCUT2D eigenvalue weighted by atomic mass is 16.3. The number of hydrogen-bond donors (Lipinski definition) is 3. The van der Waals surface area contributed by atoms with Crippen molar-refractivity contribution in [1.29, 1.82) is 0 Å². The molecular weight excluding hydrogens is 378 g/mol. The number of H-pyrrole nitrogens is 1. The number of aliphatic imine (C=N–C) groups is 2. The Morgan fingerprint density at radius 3 is 2.27 bits per heavy atom. The van der Waals surface area contributed by atoms with Crippen LogP contribution < -0.4 is 5.56 Å². The molecule has 0 unspecified atom stereocenters. The van der Waals surface area contributed by atoms with E-state index in [1.54, 1.807) is 48.7 Å². The van der Waals surface area contributed by atoms with E-state index in [2.05, 4.69) is 15.0 Å². The first-order chi connectivity index (χ1) is 14.5. The highest BCUT2D eigenvalue weighted by Crippen LogP contribution is 2.29. The van der Waals surface area contributed by atoms with Gasteiger partial charge in [-0.3, -0.25) is 14.8 Å². The number of benzene rings is 3. The Hall–Kier alpha value is -4.19. The number of nitrogens with one attached hydrogen (secondary N) is 1. The van der Waals surface area contributed by atoms with E-state index in [9.17, 15) is 15.0 Å². The largest absolute Gasteiger partial charge is 0.507 e. The second kappa shape index (κ2) is 8.05. The minimum Gasteiger partial charge on any atom is -0.507 e. The van der Waals surface area contributed by atoms with Crippen LogP contribution in [-0.4, -0.2) is 27.6 Å². The highest BCUT2D eigenvalue weighted by Gasteiger charge is 2.10. The van der Waals surface area contributed by atoms with Gasteiger partial charge in [-0.1, -0.05) is 35.9 Å². The molecule has 4 aromatic rings. The first kappa shape index (κ1) is 19.1. The fraction of sp³-hybridized carbons (Fsp3) is 0.0417. The molecule has 0 saturated carbocycles. The number of rotatable bonds is 4. The first-order valence-corrected chi connectivity index (χ1v) is 9.34. The maximum absolute atomic E-state index is 12.4. The number of fused-ring (bicyclic) bond motifs is 1. The average Bonchev–Trinajstić information content (AvgIpc) is 2.74. The molecule has 148 valence electrons. The highest BCUT2D eigenvalue weighted by molar-refractivity contribution is 5.96. The summed E-state index contributed by atoms with van der Waals surface area (Å²) in [5.41, 5.74) is 2.84. The molecule has 3 aromatic carbocycles. The van der Waals surface area contributed by atoms with Gasteiger partial charge < -0.3 is 15.2 Å². The minimum atomic E-state index is -0.428. The standard InChI is InChI=1S/C24H19N3O3/c1-15-10-11-19-17(12-15)23(29)18(24(30)27-19)14-26-21-8-4-3-7-20(21)25-13-16-6-2-5-9-22(16)28/h2-14,28H,1H3,(H2,27,29,30). The SMILES string of the molecule is Cc1ccc2[nH]c(=O)c(C=Nc3ccccc3N=Cc3ccccc3O)c(O)c2c1. The number of nitrogens with zero attached hydrogens (tertiary/aromatic N) is 2. The van der Waals surface area contributed by atoms with Gasteiger partial charge in [0, 0.05) is 23.4 Å². The Kier molecular flexibility index (Phi) is 5.13. The third kappa shape index (κ3) is 3.84. The number of phenolic OH excluding ortho intramolecular Hbond substituents is 1. The molecule has 0 radical (unpaired) electrons. The van der Waals surface area contributed by atoms with E-state index in [-0.39, 0.29) is 17.1 Å². The van der Waals surface area contributed by atoms with Gasteiger partial charge >= 0.3 is 0 Å². The summed E-state index contributed by atoms with van der Waals surface area (Å²) >= 11 is 0. The molecule has 0 aliphatic heterocycles. The van der Waals surface area contributed by atoms with Gasteiger partial charge in [0.05, 0.1) is 16.9 Å². The van der Waals surface area contributed by atoms with Crippen molar-refractivity contribution in [1.82, 2.24) is 4.98 Å². The predicted octanol–water partition coefficient (Wildman–Crippen LogP) is 4.75. The van der Waals surface area contributed by atoms with Crippen molar-refractivity contribution in [3.05, 3.63) is 93.8 Å². The van der Waals surface area contributed by atoms with Crippen LogP contribution in [0.3, 0.4) is 0 Å². The van der Waals surface area contributed by atoms with Crippen molar-refractivity contribution in [2.75, 3.05) is 0 Å². The van der Waals surface area contributed by atoms with Crippen molar-refractivity contribution in [2.24, 2.45) is 9.98 Å². The van der Waals surface area contributed by atoms with E-state index in [1.807, 2.05) is 31.2 Å². The molecular formula is C24H19N3O3. The molecule has 1 aromatic heterocycles. The number of aromatic nitrogens is 1. The fourth-order valence-electron chi connectivity index (χ4n) is 3.08. The molecule has 3 N–H and O–H groups in total. The Morgan fingerprint density at radius 1 is 0.867 bits per heavy atom. The number of pyridine rings is 1. The summed E-state index contributed by atoms with van der Waals surface area (Å²) in [4.78, 5) is 24.0. The Balaban J connectivity index is 1.72. The fourth-order valence-corrected chi connectivity index (χ4v) is 3.08. The van der Waals surface area contributed by atoms with E-state index in [4.69, 9.17) is 0 Å². The number of aromatic amines is 1. The first-order valence-electron chi connectivity index (χ1n) is 9.34. The van der Waals surface area contributed by atoms with Crippen LogP contribution in [0, 0.1) is 6.92 Å². The van der Waals surface area contributed by atoms with Gasteiger partial charge in [-0.25, -0.2) is 0 Å². The van der Waals surface area contributed by atoms with Crippen LogP contribution in [-0.2, 0) is 0 Å². The van der Waals surface area contributed by atoms with Gasteiger partial charge in [-0.2, -0.15) is 0 Å². The summed E-state index contributed by atoms with van der Waals surface area (Å²) in [6.45, 7) is 1.91. The van der Waals surface area contributed by atoms with Gasteiger partial charge in [0.15, 0.2) is 0 Å². The molecule has 1 heterocycles. The summed E-state index contributed by atoms with van der Waals surface area (Å²) in [6.07, 6.45) is 2.89. The molecule has 0 amide bonds. The summed E-state index contributed by atoms with van der Waals surface area (Å²) in [5.74, 6) is 0.0153. The van der Waals surface area contributed by atoms with Crippen molar-refractivity contribution in [3.63, 3.8) is 0 Å². The summed E-state index contributed by atoms with van der Waals surface area (Å²) in [5, 5.41) is 21.1. The van der Waals surface area contributed by atoms with Gasteiger partial charge in [0.25, 0.3) is 5.56 Å². The maximum atomic E-state index is 12.4. The third-order valence-corrected chi connectivity index (χ3v) is 4.67. The van der Waals surface area contributed by atoms with Crippen LogP contribution in [0.5, 0.6) is 11.5 Å². The molecule has 0 saturated heterocycles. The summed E-state index contributed by atoms with van der Waals surface area (Å²) in [6, 6.07) is 19.5. The quantitative estimate of drug-likeness (QED) is 0.434. The van der Waals surface area contributed by atoms with E-state index in [0.717, 1.165) is 5.56 Å². The van der Waals surface area contributed by atoms with Crippen LogP contribution in [0.2, 0.25) is 0 Å². The van der Waals surface area contributed by atoms with E-state index in [1.165, 1.54) is 6.21 Å². The summed E-state index contributed by atoms with van der Waals surface area (Å²) < 4.78 is 0. The lowest BCUT2D eigenvalue weighted by Gasteiger charge is -2.05. The van der Waals surface area contributed by atoms with Gasteiger partial charge in [0.1, 0.15) is 17.1 Å². The number of aromatic hydroxyl groups is 2. The zero-order valence-electron chi connectivity index (χ0n) is 16.2. The van der Waals surface area contributed by atoms with E-state index < -0.39 is 5.56 Å². The van der Waals surface area contributed by atoms with Crippen LogP contribution in [0.15, 0.2) is 81.5 Å². The number of aryl methyl sites for hydroxylation is 1. The van der Waals surface area contributed by atoms with Gasteiger partial charge in [-0.05, 0) is 43.3 Å². The zero-order chi connectivity index (χ0) is 21.1.